The molecule has 0 aliphatic carbocycles. The van der Waals surface area contributed by atoms with Crippen molar-refractivity contribution in [3.8, 4) is 5.75 Å². The van der Waals surface area contributed by atoms with Gasteiger partial charge in [-0.1, -0.05) is 66.5 Å². The number of nitrogens with zero attached hydrogens (tertiary/aromatic N) is 1. The van der Waals surface area contributed by atoms with Crippen LogP contribution in [0.2, 0.25) is 10.0 Å². The van der Waals surface area contributed by atoms with Crippen LogP contribution < -0.4 is 15.0 Å². The standard InChI is InChI=1S/C26H20Cl2N2O3S/c1-2-16-7-10-19(11-8-16)30-25(32)20(24(31)29-26(30)34)14-18-5-3-4-6-23(18)33-15-17-9-12-21(27)22(28)13-17/h3-14H,2,15H2,1H3,(H,29,31,34)/b20-14+. The Bertz CT molecular complexity index is 1310. The second kappa shape index (κ2) is 10.4. The molecule has 0 unspecified atom stereocenters. The van der Waals surface area contributed by atoms with Crippen LogP contribution in [0.25, 0.3) is 6.08 Å². The largest absolute Gasteiger partial charge is 0.488 e. The minimum absolute atomic E-state index is 0.0422. The van der Waals surface area contributed by atoms with E-state index >= 15 is 0 Å². The van der Waals surface area contributed by atoms with Gasteiger partial charge in [-0.3, -0.25) is 19.8 Å². The highest BCUT2D eigenvalue weighted by molar-refractivity contribution is 7.80. The van der Waals surface area contributed by atoms with Gasteiger partial charge >= 0.3 is 0 Å². The number of hydrogen-bond donors (Lipinski definition) is 1. The summed E-state index contributed by atoms with van der Waals surface area (Å²) in [5.41, 5.74) is 3.08. The Kier molecular flexibility index (Phi) is 7.32. The summed E-state index contributed by atoms with van der Waals surface area (Å²) in [5.74, 6) is -0.554. The maximum absolute atomic E-state index is 13.3. The third kappa shape index (κ3) is 5.14. The summed E-state index contributed by atoms with van der Waals surface area (Å²) < 4.78 is 5.96. The molecular formula is C26H20Cl2N2O3S. The van der Waals surface area contributed by atoms with Crippen molar-refractivity contribution in [1.82, 2.24) is 5.32 Å². The molecule has 1 fully saturated rings. The molecule has 5 nitrogen and oxygen atoms in total. The second-order valence-electron chi connectivity index (χ2n) is 7.55. The van der Waals surface area contributed by atoms with Gasteiger partial charge in [-0.2, -0.15) is 0 Å². The molecule has 4 rings (SSSR count). The SMILES string of the molecule is CCc1ccc(N2C(=O)/C(=C/c3ccccc3OCc3ccc(Cl)c(Cl)c3)C(=O)NC2=S)cc1. The van der Waals surface area contributed by atoms with Gasteiger partial charge < -0.3 is 4.74 Å². The zero-order chi connectivity index (χ0) is 24.2. The van der Waals surface area contributed by atoms with Crippen LogP contribution in [-0.2, 0) is 22.6 Å². The number of ether oxygens (including phenoxy) is 1. The van der Waals surface area contributed by atoms with Crippen molar-refractivity contribution in [2.75, 3.05) is 4.90 Å². The predicted molar refractivity (Wildman–Crippen MR) is 139 cm³/mol. The van der Waals surface area contributed by atoms with Crippen molar-refractivity contribution < 1.29 is 14.3 Å². The maximum atomic E-state index is 13.3. The molecule has 34 heavy (non-hydrogen) atoms. The first-order chi connectivity index (χ1) is 16.4. The fraction of sp³-hybridized carbons (Fsp3) is 0.115. The molecule has 2 amide bonds. The number of aryl methyl sites for hydroxylation is 1. The van der Waals surface area contributed by atoms with Gasteiger partial charge in [0.15, 0.2) is 5.11 Å². The number of rotatable bonds is 6. The number of carbonyl (C=O) groups excluding carboxylic acids is 2. The van der Waals surface area contributed by atoms with E-state index in [0.717, 1.165) is 17.5 Å². The lowest BCUT2D eigenvalue weighted by Crippen LogP contribution is -2.54. The second-order valence-corrected chi connectivity index (χ2v) is 8.75. The van der Waals surface area contributed by atoms with Crippen LogP contribution in [0.4, 0.5) is 5.69 Å². The number of carbonyl (C=O) groups is 2. The van der Waals surface area contributed by atoms with Gasteiger partial charge in [-0.15, -0.1) is 0 Å². The summed E-state index contributed by atoms with van der Waals surface area (Å²) >= 11 is 17.3. The van der Waals surface area contributed by atoms with Crippen molar-refractivity contribution in [3.05, 3.63) is 99.0 Å². The van der Waals surface area contributed by atoms with Crippen LogP contribution in [-0.4, -0.2) is 16.9 Å². The number of hydrogen-bond acceptors (Lipinski definition) is 4. The molecule has 1 aliphatic heterocycles. The quantitative estimate of drug-likeness (QED) is 0.252. The summed E-state index contributed by atoms with van der Waals surface area (Å²) in [6, 6.07) is 19.9. The average molecular weight is 511 g/mol. The Morgan fingerprint density at radius 3 is 2.38 bits per heavy atom. The summed E-state index contributed by atoms with van der Waals surface area (Å²) in [4.78, 5) is 27.3. The summed E-state index contributed by atoms with van der Waals surface area (Å²) in [7, 11) is 0. The van der Waals surface area contributed by atoms with E-state index in [0.29, 0.717) is 27.0 Å². The maximum Gasteiger partial charge on any atom is 0.270 e. The molecule has 1 aliphatic rings. The van der Waals surface area contributed by atoms with Crippen LogP contribution in [0.15, 0.2) is 72.3 Å². The van der Waals surface area contributed by atoms with E-state index in [1.54, 1.807) is 30.3 Å². The van der Waals surface area contributed by atoms with Gasteiger partial charge in [0.25, 0.3) is 11.8 Å². The minimum atomic E-state index is -0.560. The molecule has 1 N–H and O–H groups in total. The minimum Gasteiger partial charge on any atom is -0.488 e. The fourth-order valence-electron chi connectivity index (χ4n) is 3.45. The van der Waals surface area contributed by atoms with E-state index < -0.39 is 11.8 Å². The number of nitrogens with one attached hydrogen (secondary N) is 1. The van der Waals surface area contributed by atoms with Crippen LogP contribution in [0.5, 0.6) is 5.75 Å². The summed E-state index contributed by atoms with van der Waals surface area (Å²) in [6.45, 7) is 2.28. The zero-order valence-corrected chi connectivity index (χ0v) is 20.5. The lowest BCUT2D eigenvalue weighted by atomic mass is 10.1. The third-order valence-electron chi connectivity index (χ3n) is 5.30. The van der Waals surface area contributed by atoms with Crippen molar-refractivity contribution in [2.45, 2.75) is 20.0 Å². The van der Waals surface area contributed by atoms with E-state index in [4.69, 9.17) is 40.2 Å². The molecule has 0 aromatic heterocycles. The van der Waals surface area contributed by atoms with Gasteiger partial charge in [-0.25, -0.2) is 0 Å². The topological polar surface area (TPSA) is 58.6 Å². The van der Waals surface area contributed by atoms with Gasteiger partial charge in [0.1, 0.15) is 17.9 Å². The highest BCUT2D eigenvalue weighted by Crippen LogP contribution is 2.27. The van der Waals surface area contributed by atoms with Crippen molar-refractivity contribution >= 4 is 64.1 Å². The fourth-order valence-corrected chi connectivity index (χ4v) is 4.05. The number of halogens is 2. The lowest BCUT2D eigenvalue weighted by Gasteiger charge is -2.29. The summed E-state index contributed by atoms with van der Waals surface area (Å²) in [6.07, 6.45) is 2.39. The van der Waals surface area contributed by atoms with E-state index in [1.807, 2.05) is 43.3 Å². The van der Waals surface area contributed by atoms with E-state index in [2.05, 4.69) is 5.32 Å². The van der Waals surface area contributed by atoms with E-state index in [9.17, 15) is 9.59 Å². The molecule has 3 aromatic carbocycles. The number of benzene rings is 3. The normalized spacial score (nSPS) is 15.0. The van der Waals surface area contributed by atoms with Crippen molar-refractivity contribution in [3.63, 3.8) is 0 Å². The number of amides is 2. The van der Waals surface area contributed by atoms with Crippen LogP contribution in [0.1, 0.15) is 23.6 Å². The van der Waals surface area contributed by atoms with Crippen LogP contribution in [0, 0.1) is 0 Å². The molecule has 0 atom stereocenters. The Morgan fingerprint density at radius 1 is 0.971 bits per heavy atom. The first kappa shape index (κ1) is 24.0. The Labute approximate surface area is 212 Å². The van der Waals surface area contributed by atoms with Gasteiger partial charge in [0, 0.05) is 5.56 Å². The molecule has 0 saturated carbocycles. The average Bonchev–Trinajstić information content (AvgIpc) is 2.83. The molecule has 1 saturated heterocycles. The molecule has 0 radical (unpaired) electrons. The smallest absolute Gasteiger partial charge is 0.270 e. The van der Waals surface area contributed by atoms with Gasteiger partial charge in [0.05, 0.1) is 15.7 Å². The molecule has 0 bridgehead atoms. The third-order valence-corrected chi connectivity index (χ3v) is 6.33. The highest BCUT2D eigenvalue weighted by atomic mass is 35.5. The monoisotopic (exact) mass is 510 g/mol. The Morgan fingerprint density at radius 2 is 1.68 bits per heavy atom. The zero-order valence-electron chi connectivity index (χ0n) is 18.2. The van der Waals surface area contributed by atoms with E-state index in [1.165, 1.54) is 11.0 Å². The predicted octanol–water partition coefficient (Wildman–Crippen LogP) is 5.97. The molecule has 8 heteroatoms. The number of thiocarbonyl (C=S) groups is 1. The van der Waals surface area contributed by atoms with Crippen LogP contribution >= 0.6 is 35.4 Å². The number of anilines is 1. The van der Waals surface area contributed by atoms with Gasteiger partial charge in [-0.05, 0) is 66.2 Å². The molecule has 1 heterocycles. The summed E-state index contributed by atoms with van der Waals surface area (Å²) in [5, 5.41) is 3.55. The highest BCUT2D eigenvalue weighted by Gasteiger charge is 2.34. The Hall–Kier alpha value is -3.19. The van der Waals surface area contributed by atoms with E-state index in [-0.39, 0.29) is 17.3 Å². The first-order valence-corrected chi connectivity index (χ1v) is 11.7. The molecule has 172 valence electrons. The molecule has 0 spiro atoms. The van der Waals surface area contributed by atoms with Crippen LogP contribution in [0.3, 0.4) is 0 Å². The van der Waals surface area contributed by atoms with Gasteiger partial charge in [0.2, 0.25) is 0 Å². The molecular weight excluding hydrogens is 491 g/mol. The number of para-hydroxylation sites is 1. The van der Waals surface area contributed by atoms with Crippen molar-refractivity contribution in [1.29, 1.82) is 0 Å². The lowest BCUT2D eigenvalue weighted by molar-refractivity contribution is -0.122. The van der Waals surface area contributed by atoms with Crippen molar-refractivity contribution in [2.24, 2.45) is 0 Å². The molecule has 3 aromatic rings. The first-order valence-electron chi connectivity index (χ1n) is 10.5. The Balaban J connectivity index is 1.62.